The van der Waals surface area contributed by atoms with Crippen LogP contribution in [0.5, 0.6) is 11.5 Å². The van der Waals surface area contributed by atoms with Crippen molar-refractivity contribution < 1.29 is 19.1 Å². The van der Waals surface area contributed by atoms with Crippen molar-refractivity contribution in [3.05, 3.63) is 94.5 Å². The van der Waals surface area contributed by atoms with E-state index in [4.69, 9.17) is 21.1 Å². The van der Waals surface area contributed by atoms with E-state index in [0.29, 0.717) is 28.6 Å². The molecule has 6 nitrogen and oxygen atoms in total. The molecule has 2 amide bonds. The van der Waals surface area contributed by atoms with Gasteiger partial charge in [-0.25, -0.2) is 5.01 Å². The Morgan fingerprint density at radius 3 is 2.50 bits per heavy atom. The second-order valence-corrected chi connectivity index (χ2v) is 7.61. The molecule has 1 fully saturated rings. The molecule has 1 heterocycles. The third kappa shape index (κ3) is 4.92. The Morgan fingerprint density at radius 2 is 1.72 bits per heavy atom. The van der Waals surface area contributed by atoms with Gasteiger partial charge in [0.25, 0.3) is 11.8 Å². The largest absolute Gasteiger partial charge is 0.490 e. The quantitative estimate of drug-likeness (QED) is 0.326. The van der Waals surface area contributed by atoms with Crippen LogP contribution in [-0.4, -0.2) is 25.0 Å². The van der Waals surface area contributed by atoms with Gasteiger partial charge in [-0.15, -0.1) is 0 Å². The van der Waals surface area contributed by atoms with E-state index < -0.39 is 11.8 Å². The molecule has 0 radical (unpaired) electrons. The van der Waals surface area contributed by atoms with Crippen molar-refractivity contribution in [1.29, 1.82) is 0 Å². The number of para-hydroxylation sites is 1. The molecule has 0 unspecified atom stereocenters. The lowest BCUT2D eigenvalue weighted by molar-refractivity contribution is -0.117. The fourth-order valence-corrected chi connectivity index (χ4v) is 3.43. The van der Waals surface area contributed by atoms with Gasteiger partial charge in [-0.05, 0) is 61.0 Å². The van der Waals surface area contributed by atoms with E-state index in [2.05, 4.69) is 5.43 Å². The Balaban J connectivity index is 1.48. The number of anilines is 1. The van der Waals surface area contributed by atoms with Gasteiger partial charge in [0.05, 0.1) is 5.69 Å². The molecular weight excluding hydrogens is 428 g/mol. The van der Waals surface area contributed by atoms with Crippen molar-refractivity contribution in [3.63, 3.8) is 0 Å². The highest BCUT2D eigenvalue weighted by Gasteiger charge is 2.34. The molecule has 1 aliphatic rings. The van der Waals surface area contributed by atoms with Gasteiger partial charge < -0.3 is 9.47 Å². The van der Waals surface area contributed by atoms with E-state index in [1.165, 1.54) is 11.1 Å². The van der Waals surface area contributed by atoms with Crippen LogP contribution in [0, 0.1) is 6.92 Å². The second kappa shape index (κ2) is 9.58. The zero-order valence-corrected chi connectivity index (χ0v) is 18.1. The predicted octanol–water partition coefficient (Wildman–Crippen LogP) is 4.57. The van der Waals surface area contributed by atoms with Crippen molar-refractivity contribution in [1.82, 2.24) is 5.43 Å². The molecule has 4 rings (SSSR count). The standard InChI is InChI=1S/C25H21ClN2O4/c1-17-6-5-9-21(14-17)31-12-13-32-23-11-10-19(26)15-18(23)16-22-24(29)27-28(25(22)30)20-7-3-2-4-8-20/h2-11,14-16H,12-13H2,1H3,(H,27,29)/b22-16-. The van der Waals surface area contributed by atoms with Gasteiger partial charge in [0, 0.05) is 10.6 Å². The SMILES string of the molecule is Cc1cccc(OCCOc2ccc(Cl)cc2/C=C2/C(=O)NN(c3ccccc3)C2=O)c1. The fraction of sp³-hybridized carbons (Fsp3) is 0.120. The van der Waals surface area contributed by atoms with E-state index in [1.807, 2.05) is 37.3 Å². The number of carbonyl (C=O) groups is 2. The van der Waals surface area contributed by atoms with Crippen LogP contribution in [0.2, 0.25) is 5.02 Å². The van der Waals surface area contributed by atoms with Crippen LogP contribution in [0.15, 0.2) is 78.4 Å². The summed E-state index contributed by atoms with van der Waals surface area (Å²) >= 11 is 6.15. The summed E-state index contributed by atoms with van der Waals surface area (Å²) in [5.41, 5.74) is 4.79. The minimum absolute atomic E-state index is 0.00280. The average molecular weight is 449 g/mol. The molecule has 7 heteroatoms. The third-order valence-electron chi connectivity index (χ3n) is 4.78. The molecule has 0 saturated carbocycles. The van der Waals surface area contributed by atoms with Crippen LogP contribution >= 0.6 is 11.6 Å². The maximum absolute atomic E-state index is 12.8. The molecule has 1 N–H and O–H groups in total. The minimum atomic E-state index is -0.493. The smallest absolute Gasteiger partial charge is 0.282 e. The lowest BCUT2D eigenvalue weighted by Gasteiger charge is -2.14. The molecule has 162 valence electrons. The number of hydrazine groups is 1. The first-order valence-corrected chi connectivity index (χ1v) is 10.4. The summed E-state index contributed by atoms with van der Waals surface area (Å²) in [5, 5.41) is 1.68. The molecule has 3 aromatic carbocycles. The summed E-state index contributed by atoms with van der Waals surface area (Å²) in [6.07, 6.45) is 1.49. The van der Waals surface area contributed by atoms with Crippen LogP contribution in [0.25, 0.3) is 6.08 Å². The zero-order valence-electron chi connectivity index (χ0n) is 17.4. The van der Waals surface area contributed by atoms with Gasteiger partial charge in [-0.3, -0.25) is 15.0 Å². The van der Waals surface area contributed by atoms with Crippen LogP contribution < -0.4 is 19.9 Å². The Bertz CT molecular complexity index is 1180. The van der Waals surface area contributed by atoms with Gasteiger partial charge in [0.2, 0.25) is 0 Å². The molecule has 0 atom stereocenters. The lowest BCUT2D eigenvalue weighted by atomic mass is 10.1. The summed E-state index contributed by atoms with van der Waals surface area (Å²) in [6, 6.07) is 21.7. The van der Waals surface area contributed by atoms with Crippen molar-refractivity contribution in [3.8, 4) is 11.5 Å². The Morgan fingerprint density at radius 1 is 0.938 bits per heavy atom. The molecule has 1 aliphatic heterocycles. The first-order valence-electron chi connectivity index (χ1n) is 10.1. The van der Waals surface area contributed by atoms with E-state index in [0.717, 1.165) is 11.3 Å². The van der Waals surface area contributed by atoms with Crippen molar-refractivity contribution in [2.45, 2.75) is 6.92 Å². The van der Waals surface area contributed by atoms with Crippen molar-refractivity contribution >= 4 is 35.2 Å². The van der Waals surface area contributed by atoms with E-state index in [1.54, 1.807) is 42.5 Å². The number of ether oxygens (including phenoxy) is 2. The van der Waals surface area contributed by atoms with Gasteiger partial charge in [-0.2, -0.15) is 0 Å². The van der Waals surface area contributed by atoms with E-state index in [9.17, 15) is 9.59 Å². The monoisotopic (exact) mass is 448 g/mol. The number of hydrogen-bond acceptors (Lipinski definition) is 4. The number of rotatable bonds is 7. The molecule has 1 saturated heterocycles. The maximum atomic E-state index is 12.8. The molecule has 0 aromatic heterocycles. The predicted molar refractivity (Wildman–Crippen MR) is 124 cm³/mol. The van der Waals surface area contributed by atoms with Crippen LogP contribution in [0.3, 0.4) is 0 Å². The Hall–Kier alpha value is -3.77. The van der Waals surface area contributed by atoms with Gasteiger partial charge >= 0.3 is 0 Å². The number of halogens is 1. The summed E-state index contributed by atoms with van der Waals surface area (Å²) in [7, 11) is 0. The van der Waals surface area contributed by atoms with Crippen molar-refractivity contribution in [2.24, 2.45) is 0 Å². The summed E-state index contributed by atoms with van der Waals surface area (Å²) < 4.78 is 11.6. The Kier molecular flexibility index (Phi) is 6.42. The molecule has 0 bridgehead atoms. The summed E-state index contributed by atoms with van der Waals surface area (Å²) in [5.74, 6) is 0.317. The first-order chi connectivity index (χ1) is 15.5. The minimum Gasteiger partial charge on any atom is -0.490 e. The fourth-order valence-electron chi connectivity index (χ4n) is 3.25. The number of amides is 2. The van der Waals surface area contributed by atoms with Crippen molar-refractivity contribution in [2.75, 3.05) is 18.2 Å². The second-order valence-electron chi connectivity index (χ2n) is 7.17. The Labute approximate surface area is 191 Å². The average Bonchev–Trinajstić information content (AvgIpc) is 3.07. The highest BCUT2D eigenvalue weighted by atomic mass is 35.5. The van der Waals surface area contributed by atoms with Gasteiger partial charge in [0.15, 0.2) is 0 Å². The highest BCUT2D eigenvalue weighted by molar-refractivity contribution is 6.32. The van der Waals surface area contributed by atoms with Crippen LogP contribution in [0.1, 0.15) is 11.1 Å². The number of carbonyl (C=O) groups excluding carboxylic acids is 2. The normalized spacial score (nSPS) is 14.6. The number of nitrogens with zero attached hydrogens (tertiary/aromatic N) is 1. The molecular formula is C25H21ClN2O4. The number of nitrogens with one attached hydrogen (secondary N) is 1. The van der Waals surface area contributed by atoms with Crippen LogP contribution in [0.4, 0.5) is 5.69 Å². The zero-order chi connectivity index (χ0) is 22.5. The van der Waals surface area contributed by atoms with E-state index >= 15 is 0 Å². The van der Waals surface area contributed by atoms with E-state index in [-0.39, 0.29) is 12.2 Å². The molecule has 32 heavy (non-hydrogen) atoms. The molecule has 3 aromatic rings. The summed E-state index contributed by atoms with van der Waals surface area (Å²) in [6.45, 7) is 2.61. The number of aryl methyl sites for hydroxylation is 1. The maximum Gasteiger partial charge on any atom is 0.282 e. The first kappa shape index (κ1) is 21.5. The number of hydrogen-bond donors (Lipinski definition) is 1. The lowest BCUT2D eigenvalue weighted by Crippen LogP contribution is -2.35. The summed E-state index contributed by atoms with van der Waals surface area (Å²) in [4.78, 5) is 25.3. The van der Waals surface area contributed by atoms with Gasteiger partial charge in [-0.1, -0.05) is 41.9 Å². The number of benzene rings is 3. The topological polar surface area (TPSA) is 67.9 Å². The highest BCUT2D eigenvalue weighted by Crippen LogP contribution is 2.28. The third-order valence-corrected chi connectivity index (χ3v) is 5.01. The molecule has 0 aliphatic carbocycles. The molecule has 0 spiro atoms. The van der Waals surface area contributed by atoms with Gasteiger partial charge in [0.1, 0.15) is 30.3 Å². The van der Waals surface area contributed by atoms with Crippen LogP contribution in [-0.2, 0) is 9.59 Å².